The van der Waals surface area contributed by atoms with Crippen molar-refractivity contribution < 1.29 is 4.79 Å². The molecule has 0 fully saturated rings. The van der Waals surface area contributed by atoms with Crippen LogP contribution in [0.15, 0.2) is 66.7 Å². The Labute approximate surface area is 188 Å². The smallest absolute Gasteiger partial charge is 0.283 e. The summed E-state index contributed by atoms with van der Waals surface area (Å²) in [5, 5.41) is 3.17. The molecule has 2 heterocycles. The van der Waals surface area contributed by atoms with E-state index in [9.17, 15) is 4.79 Å². The summed E-state index contributed by atoms with van der Waals surface area (Å²) in [5.74, 6) is 0.707. The minimum absolute atomic E-state index is 0.00810. The zero-order valence-electron chi connectivity index (χ0n) is 18.1. The quantitative estimate of drug-likeness (QED) is 0.500. The summed E-state index contributed by atoms with van der Waals surface area (Å²) in [4.78, 5) is 14.9. The number of rotatable bonds is 3. The summed E-state index contributed by atoms with van der Waals surface area (Å²) in [7, 11) is 0. The third kappa shape index (κ3) is 3.63. The maximum atomic E-state index is 12.3. The summed E-state index contributed by atoms with van der Waals surface area (Å²) in [6.45, 7) is 4.34. The highest BCUT2D eigenvalue weighted by Crippen LogP contribution is 2.51. The van der Waals surface area contributed by atoms with Crippen molar-refractivity contribution in [3.05, 3.63) is 94.5 Å². The van der Waals surface area contributed by atoms with Gasteiger partial charge in [0.05, 0.1) is 0 Å². The molecule has 0 aromatic heterocycles. The van der Waals surface area contributed by atoms with Crippen LogP contribution < -0.4 is 10.2 Å². The maximum Gasteiger partial charge on any atom is 0.283 e. The number of hydrogen-bond donors (Lipinski definition) is 1. The lowest BCUT2D eigenvalue weighted by molar-refractivity contribution is 0.270. The molecule has 0 spiro atoms. The van der Waals surface area contributed by atoms with E-state index < -0.39 is 0 Å². The zero-order valence-corrected chi connectivity index (χ0v) is 18.9. The van der Waals surface area contributed by atoms with E-state index in [4.69, 9.17) is 0 Å². The molecule has 0 saturated carbocycles. The third-order valence-corrected chi connectivity index (χ3v) is 7.35. The molecular weight excluding hydrogens is 400 g/mol. The van der Waals surface area contributed by atoms with E-state index in [1.165, 1.54) is 45.3 Å². The van der Waals surface area contributed by atoms with Crippen molar-refractivity contribution in [1.29, 1.82) is 0 Å². The van der Waals surface area contributed by atoms with Gasteiger partial charge in [0, 0.05) is 36.3 Å². The number of amides is 1. The molecule has 3 nitrogen and oxygen atoms in total. The molecule has 3 aromatic rings. The Morgan fingerprint density at radius 1 is 0.935 bits per heavy atom. The van der Waals surface area contributed by atoms with Gasteiger partial charge in [-0.05, 0) is 59.9 Å². The average molecular weight is 429 g/mol. The van der Waals surface area contributed by atoms with Crippen molar-refractivity contribution >= 4 is 28.4 Å². The average Bonchev–Trinajstić information content (AvgIpc) is 2.83. The highest BCUT2D eigenvalue weighted by molar-refractivity contribution is 8.13. The Bertz CT molecular complexity index is 1100. The first-order chi connectivity index (χ1) is 15.2. The van der Waals surface area contributed by atoms with Crippen LogP contribution >= 0.6 is 11.8 Å². The predicted octanol–water partition coefficient (Wildman–Crippen LogP) is 6.77. The number of benzene rings is 3. The molecule has 0 radical (unpaired) electrons. The summed E-state index contributed by atoms with van der Waals surface area (Å²) in [5.41, 5.74) is 9.04. The molecule has 31 heavy (non-hydrogen) atoms. The lowest BCUT2D eigenvalue weighted by Gasteiger charge is -2.44. The van der Waals surface area contributed by atoms with Crippen molar-refractivity contribution in [2.45, 2.75) is 31.6 Å². The standard InChI is InChI=1S/C27H28N2OS/c1-18-24(28-27(30)31-2)17-23-21(19-9-5-3-6-10-19)13-15-29-16-14-22(25(18)26(23)29)20-11-7-4-8-12-20/h3-12,17,21-22H,13-16H2,1-2H3,(H,28,30)/t21-,22-/m0/s1. The van der Waals surface area contributed by atoms with Crippen molar-refractivity contribution in [2.24, 2.45) is 0 Å². The summed E-state index contributed by atoms with van der Waals surface area (Å²) < 4.78 is 0. The zero-order chi connectivity index (χ0) is 21.4. The van der Waals surface area contributed by atoms with Crippen LogP contribution in [-0.4, -0.2) is 24.6 Å². The van der Waals surface area contributed by atoms with Gasteiger partial charge in [-0.1, -0.05) is 72.4 Å². The lowest BCUT2D eigenvalue weighted by atomic mass is 9.74. The highest BCUT2D eigenvalue weighted by atomic mass is 32.2. The van der Waals surface area contributed by atoms with Crippen LogP contribution in [0.5, 0.6) is 0 Å². The van der Waals surface area contributed by atoms with E-state index in [0.717, 1.165) is 31.6 Å². The van der Waals surface area contributed by atoms with Gasteiger partial charge in [0.2, 0.25) is 0 Å². The predicted molar refractivity (Wildman–Crippen MR) is 132 cm³/mol. The van der Waals surface area contributed by atoms with E-state index in [2.05, 4.69) is 83.9 Å². The Morgan fingerprint density at radius 2 is 1.52 bits per heavy atom. The molecular formula is C27H28N2OS. The fourth-order valence-electron chi connectivity index (χ4n) is 5.40. The number of nitrogens with one attached hydrogen (secondary N) is 1. The molecule has 4 heteroatoms. The maximum absolute atomic E-state index is 12.3. The Morgan fingerprint density at radius 3 is 2.13 bits per heavy atom. The molecule has 1 N–H and O–H groups in total. The van der Waals surface area contributed by atoms with E-state index in [1.54, 1.807) is 0 Å². The summed E-state index contributed by atoms with van der Waals surface area (Å²) >= 11 is 1.23. The fraction of sp³-hybridized carbons (Fsp3) is 0.296. The Kier molecular flexibility index (Phi) is 5.49. The number of thioether (sulfide) groups is 1. The van der Waals surface area contributed by atoms with E-state index in [1.807, 2.05) is 6.26 Å². The number of carbonyl (C=O) groups excluding carboxylic acids is 1. The molecule has 1 amide bonds. The molecule has 0 unspecified atom stereocenters. The van der Waals surface area contributed by atoms with Crippen LogP contribution in [0.2, 0.25) is 0 Å². The van der Waals surface area contributed by atoms with Crippen molar-refractivity contribution in [1.82, 2.24) is 0 Å². The van der Waals surface area contributed by atoms with Crippen LogP contribution in [0.3, 0.4) is 0 Å². The highest BCUT2D eigenvalue weighted by Gasteiger charge is 2.36. The molecule has 2 aliphatic rings. The first-order valence-electron chi connectivity index (χ1n) is 11.0. The molecule has 0 bridgehead atoms. The van der Waals surface area contributed by atoms with Crippen molar-refractivity contribution in [3.8, 4) is 0 Å². The minimum Gasteiger partial charge on any atom is -0.371 e. The lowest BCUT2D eigenvalue weighted by Crippen LogP contribution is -2.38. The molecule has 3 aromatic carbocycles. The van der Waals surface area contributed by atoms with E-state index >= 15 is 0 Å². The van der Waals surface area contributed by atoms with E-state index in [-0.39, 0.29) is 5.24 Å². The largest absolute Gasteiger partial charge is 0.371 e. The SMILES string of the molecule is CSC(=O)Nc1cc2c3c(c1C)[C@H](c1ccccc1)CCN3CC[C@H]2c1ccccc1. The number of nitrogens with zero attached hydrogens (tertiary/aromatic N) is 1. The first kappa shape index (κ1) is 20.2. The second-order valence-electron chi connectivity index (χ2n) is 8.51. The van der Waals surface area contributed by atoms with Gasteiger partial charge in [-0.2, -0.15) is 0 Å². The number of carbonyl (C=O) groups is 1. The van der Waals surface area contributed by atoms with Gasteiger partial charge >= 0.3 is 0 Å². The third-order valence-electron chi connectivity index (χ3n) is 6.88. The topological polar surface area (TPSA) is 32.3 Å². The monoisotopic (exact) mass is 428 g/mol. The molecule has 0 saturated heterocycles. The normalized spacial score (nSPS) is 19.6. The number of anilines is 2. The summed E-state index contributed by atoms with van der Waals surface area (Å²) in [6, 6.07) is 23.9. The first-order valence-corrected chi connectivity index (χ1v) is 12.3. The van der Waals surface area contributed by atoms with Gasteiger partial charge in [0.1, 0.15) is 0 Å². The van der Waals surface area contributed by atoms with Crippen molar-refractivity contribution in [2.75, 3.05) is 29.6 Å². The van der Waals surface area contributed by atoms with Gasteiger partial charge in [-0.15, -0.1) is 0 Å². The van der Waals surface area contributed by atoms with Gasteiger partial charge in [0.15, 0.2) is 0 Å². The molecule has 5 rings (SSSR count). The van der Waals surface area contributed by atoms with E-state index in [0.29, 0.717) is 11.8 Å². The number of hydrogen-bond acceptors (Lipinski definition) is 3. The summed E-state index contributed by atoms with van der Waals surface area (Å²) in [6.07, 6.45) is 4.03. The molecule has 2 aliphatic heterocycles. The fourth-order valence-corrected chi connectivity index (χ4v) is 5.61. The van der Waals surface area contributed by atoms with Crippen molar-refractivity contribution in [3.63, 3.8) is 0 Å². The molecule has 0 aliphatic carbocycles. The Hall–Kier alpha value is -2.72. The Balaban J connectivity index is 1.73. The second-order valence-corrected chi connectivity index (χ2v) is 9.29. The molecule has 2 atom stereocenters. The van der Waals surface area contributed by atoms with Crippen LogP contribution in [-0.2, 0) is 0 Å². The van der Waals surface area contributed by atoms with Gasteiger partial charge < -0.3 is 10.2 Å². The van der Waals surface area contributed by atoms with Crippen LogP contribution in [0.25, 0.3) is 0 Å². The van der Waals surface area contributed by atoms with Gasteiger partial charge in [-0.3, -0.25) is 4.79 Å². The van der Waals surface area contributed by atoms with Crippen LogP contribution in [0.1, 0.15) is 52.5 Å². The molecule has 158 valence electrons. The van der Waals surface area contributed by atoms with Crippen LogP contribution in [0, 0.1) is 6.92 Å². The minimum atomic E-state index is -0.00810. The van der Waals surface area contributed by atoms with Gasteiger partial charge in [-0.25, -0.2) is 0 Å². The van der Waals surface area contributed by atoms with Gasteiger partial charge in [0.25, 0.3) is 5.24 Å². The second kappa shape index (κ2) is 8.43. The van der Waals surface area contributed by atoms with Crippen LogP contribution in [0.4, 0.5) is 16.2 Å².